The van der Waals surface area contributed by atoms with Gasteiger partial charge in [-0.1, -0.05) is 18.2 Å². The highest BCUT2D eigenvalue weighted by atomic mass is 19.3. The zero-order valence-corrected chi connectivity index (χ0v) is 12.6. The number of esters is 1. The maximum atomic E-state index is 12.8. The van der Waals surface area contributed by atoms with Gasteiger partial charge in [0.25, 0.3) is 6.43 Å². The van der Waals surface area contributed by atoms with E-state index in [2.05, 4.69) is 5.32 Å². The van der Waals surface area contributed by atoms with E-state index in [1.807, 2.05) is 19.0 Å². The van der Waals surface area contributed by atoms with E-state index >= 15 is 0 Å². The second kappa shape index (κ2) is 8.69. The minimum absolute atomic E-state index is 0.101. The second-order valence-corrected chi connectivity index (χ2v) is 4.91. The van der Waals surface area contributed by atoms with Gasteiger partial charge >= 0.3 is 5.97 Å². The summed E-state index contributed by atoms with van der Waals surface area (Å²) in [5, 5.41) is 3.06. The van der Waals surface area contributed by atoms with Crippen LogP contribution in [0.1, 0.15) is 30.5 Å². The molecule has 6 heteroatoms. The molecule has 1 rings (SSSR count). The van der Waals surface area contributed by atoms with Crippen molar-refractivity contribution in [3.05, 3.63) is 35.4 Å². The molecule has 0 heterocycles. The largest absolute Gasteiger partial charge is 0.465 e. The number of likely N-dealkylation sites (N-methyl/N-ethyl adjacent to an activating group) is 1. The first-order chi connectivity index (χ1) is 9.95. The molecule has 0 amide bonds. The van der Waals surface area contributed by atoms with E-state index in [9.17, 15) is 13.6 Å². The summed E-state index contributed by atoms with van der Waals surface area (Å²) in [6.07, 6.45) is -2.56. The van der Waals surface area contributed by atoms with Crippen molar-refractivity contribution in [2.24, 2.45) is 0 Å². The third kappa shape index (κ3) is 5.77. The lowest BCUT2D eigenvalue weighted by molar-refractivity contribution is -0.145. The molecule has 0 saturated carbocycles. The molecule has 1 aromatic rings. The molecule has 0 aromatic heterocycles. The van der Waals surface area contributed by atoms with Crippen LogP contribution in [-0.2, 0) is 9.53 Å². The van der Waals surface area contributed by atoms with Crippen molar-refractivity contribution >= 4 is 5.97 Å². The van der Waals surface area contributed by atoms with Crippen molar-refractivity contribution in [3.63, 3.8) is 0 Å². The van der Waals surface area contributed by atoms with Gasteiger partial charge in [0.1, 0.15) is 6.04 Å². The monoisotopic (exact) mass is 300 g/mol. The summed E-state index contributed by atoms with van der Waals surface area (Å²) >= 11 is 0. The molecule has 1 unspecified atom stereocenters. The quantitative estimate of drug-likeness (QED) is 0.749. The number of nitrogens with one attached hydrogen (secondary N) is 1. The summed E-state index contributed by atoms with van der Waals surface area (Å²) in [7, 11) is 3.83. The predicted octanol–water partition coefficient (Wildman–Crippen LogP) is 2.38. The fraction of sp³-hybridized carbons (Fsp3) is 0.533. The summed E-state index contributed by atoms with van der Waals surface area (Å²) in [5.74, 6) is -0.456. The molecule has 118 valence electrons. The van der Waals surface area contributed by atoms with Gasteiger partial charge in [-0.15, -0.1) is 0 Å². The van der Waals surface area contributed by atoms with Gasteiger partial charge in [0.15, 0.2) is 0 Å². The Morgan fingerprint density at radius 1 is 1.33 bits per heavy atom. The van der Waals surface area contributed by atoms with Crippen molar-refractivity contribution in [3.8, 4) is 0 Å². The minimum atomic E-state index is -2.56. The van der Waals surface area contributed by atoms with Crippen molar-refractivity contribution in [1.29, 1.82) is 0 Å². The molecular weight excluding hydrogens is 278 g/mol. The highest BCUT2D eigenvalue weighted by molar-refractivity contribution is 5.77. The lowest BCUT2D eigenvalue weighted by Crippen LogP contribution is -2.35. The minimum Gasteiger partial charge on any atom is -0.465 e. The third-order valence-electron chi connectivity index (χ3n) is 2.93. The van der Waals surface area contributed by atoms with E-state index in [1.54, 1.807) is 13.0 Å². The standard InChI is InChI=1S/C15H22F2N2O2/c1-4-21-15(20)13(18-8-9-19(2)3)11-6-5-7-12(10-11)14(16)17/h5-7,10,13-14,18H,4,8-9H2,1-3H3. The van der Waals surface area contributed by atoms with Crippen LogP contribution >= 0.6 is 0 Å². The molecule has 1 atom stereocenters. The van der Waals surface area contributed by atoms with Crippen LogP contribution in [0.15, 0.2) is 24.3 Å². The van der Waals surface area contributed by atoms with Crippen LogP contribution in [-0.4, -0.2) is 44.7 Å². The fourth-order valence-electron chi connectivity index (χ4n) is 1.87. The van der Waals surface area contributed by atoms with Gasteiger partial charge in [-0.25, -0.2) is 13.6 Å². The molecule has 0 aliphatic heterocycles. The Kier molecular flexibility index (Phi) is 7.25. The first kappa shape index (κ1) is 17.5. The number of ether oxygens (including phenoxy) is 1. The molecule has 1 aromatic carbocycles. The molecule has 21 heavy (non-hydrogen) atoms. The van der Waals surface area contributed by atoms with Crippen molar-refractivity contribution < 1.29 is 18.3 Å². The van der Waals surface area contributed by atoms with E-state index in [-0.39, 0.29) is 12.2 Å². The Balaban J connectivity index is 2.88. The lowest BCUT2D eigenvalue weighted by Gasteiger charge is -2.19. The van der Waals surface area contributed by atoms with Gasteiger partial charge in [-0.05, 0) is 32.6 Å². The number of hydrogen-bond donors (Lipinski definition) is 1. The van der Waals surface area contributed by atoms with Crippen LogP contribution in [0.5, 0.6) is 0 Å². The third-order valence-corrected chi connectivity index (χ3v) is 2.93. The van der Waals surface area contributed by atoms with Gasteiger partial charge in [0.05, 0.1) is 6.61 Å². The summed E-state index contributed by atoms with van der Waals surface area (Å²) in [6.45, 7) is 3.24. The average molecular weight is 300 g/mol. The zero-order chi connectivity index (χ0) is 15.8. The Morgan fingerprint density at radius 3 is 2.57 bits per heavy atom. The first-order valence-corrected chi connectivity index (χ1v) is 6.88. The van der Waals surface area contributed by atoms with Crippen LogP contribution in [0.3, 0.4) is 0 Å². The van der Waals surface area contributed by atoms with Crippen molar-refractivity contribution in [2.75, 3.05) is 33.8 Å². The van der Waals surface area contributed by atoms with E-state index in [0.29, 0.717) is 12.1 Å². The second-order valence-electron chi connectivity index (χ2n) is 4.91. The van der Waals surface area contributed by atoms with E-state index in [1.165, 1.54) is 18.2 Å². The number of hydrogen-bond acceptors (Lipinski definition) is 4. The summed E-state index contributed by atoms with van der Waals surface area (Å²) in [5.41, 5.74) is 0.390. The highest BCUT2D eigenvalue weighted by Crippen LogP contribution is 2.23. The smallest absolute Gasteiger partial charge is 0.327 e. The van der Waals surface area contributed by atoms with E-state index in [0.717, 1.165) is 6.54 Å². The van der Waals surface area contributed by atoms with Crippen LogP contribution in [0.25, 0.3) is 0 Å². The Hall–Kier alpha value is -1.53. The van der Waals surface area contributed by atoms with Gasteiger partial charge in [-0.2, -0.15) is 0 Å². The van der Waals surface area contributed by atoms with Crippen LogP contribution in [0.2, 0.25) is 0 Å². The SMILES string of the molecule is CCOC(=O)C(NCCN(C)C)c1cccc(C(F)F)c1. The molecule has 0 spiro atoms. The zero-order valence-electron chi connectivity index (χ0n) is 12.6. The first-order valence-electron chi connectivity index (χ1n) is 6.88. The molecule has 0 aliphatic carbocycles. The van der Waals surface area contributed by atoms with Crippen LogP contribution in [0.4, 0.5) is 8.78 Å². The van der Waals surface area contributed by atoms with E-state index in [4.69, 9.17) is 4.74 Å². The maximum Gasteiger partial charge on any atom is 0.327 e. The summed E-state index contributed by atoms with van der Waals surface area (Å²) < 4.78 is 30.6. The molecule has 0 aliphatic rings. The number of benzene rings is 1. The molecule has 0 fully saturated rings. The highest BCUT2D eigenvalue weighted by Gasteiger charge is 2.22. The number of alkyl halides is 2. The number of carbonyl (C=O) groups is 1. The summed E-state index contributed by atoms with van der Waals surface area (Å²) in [4.78, 5) is 14.0. The lowest BCUT2D eigenvalue weighted by atomic mass is 10.0. The fourth-order valence-corrected chi connectivity index (χ4v) is 1.87. The maximum absolute atomic E-state index is 12.8. The van der Waals surface area contributed by atoms with Gasteiger partial charge < -0.3 is 9.64 Å². The molecule has 0 radical (unpaired) electrons. The number of rotatable bonds is 8. The topological polar surface area (TPSA) is 41.6 Å². The average Bonchev–Trinajstić information content (AvgIpc) is 2.43. The normalized spacial score (nSPS) is 12.7. The molecular formula is C15H22F2N2O2. The number of nitrogens with zero attached hydrogens (tertiary/aromatic N) is 1. The van der Waals surface area contributed by atoms with Gasteiger partial charge in [-0.3, -0.25) is 5.32 Å². The predicted molar refractivity (Wildman–Crippen MR) is 77.3 cm³/mol. The number of carbonyl (C=O) groups excluding carboxylic acids is 1. The van der Waals surface area contributed by atoms with Gasteiger partial charge in [0.2, 0.25) is 0 Å². The molecule has 1 N–H and O–H groups in total. The molecule has 4 nitrogen and oxygen atoms in total. The summed E-state index contributed by atoms with van der Waals surface area (Å²) in [6, 6.07) is 5.13. The molecule has 0 bridgehead atoms. The van der Waals surface area contributed by atoms with Crippen molar-refractivity contribution in [1.82, 2.24) is 10.2 Å². The van der Waals surface area contributed by atoms with Gasteiger partial charge in [0, 0.05) is 18.7 Å². The van der Waals surface area contributed by atoms with Crippen LogP contribution < -0.4 is 5.32 Å². The van der Waals surface area contributed by atoms with E-state index < -0.39 is 18.4 Å². The number of halogens is 2. The Morgan fingerprint density at radius 2 is 2.00 bits per heavy atom. The molecule has 0 saturated heterocycles. The van der Waals surface area contributed by atoms with Crippen molar-refractivity contribution in [2.45, 2.75) is 19.4 Å². The Labute approximate surface area is 124 Å². The Bertz CT molecular complexity index is 453. The van der Waals surface area contributed by atoms with Crippen LogP contribution in [0, 0.1) is 0 Å².